The normalized spacial score (nSPS) is 9.94. The van der Waals surface area contributed by atoms with Crippen molar-refractivity contribution in [3.05, 3.63) is 22.7 Å². The van der Waals surface area contributed by atoms with E-state index in [2.05, 4.69) is 5.32 Å². The fraction of sp³-hybridized carbons (Fsp3) is 0.200. The van der Waals surface area contributed by atoms with Gasteiger partial charge < -0.3 is 22.5 Å². The molecule has 6 nitrogen and oxygen atoms in total. The molecule has 17 heavy (non-hydrogen) atoms. The van der Waals surface area contributed by atoms with Crippen LogP contribution in [0.5, 0.6) is 0 Å². The van der Waals surface area contributed by atoms with Gasteiger partial charge in [-0.15, -0.1) is 0 Å². The van der Waals surface area contributed by atoms with Crippen LogP contribution in [0.1, 0.15) is 16.8 Å². The van der Waals surface area contributed by atoms with E-state index in [0.29, 0.717) is 11.4 Å². The summed E-state index contributed by atoms with van der Waals surface area (Å²) in [5.41, 5.74) is 16.6. The van der Waals surface area contributed by atoms with Gasteiger partial charge in [0, 0.05) is 18.7 Å². The molecule has 0 unspecified atom stereocenters. The zero-order chi connectivity index (χ0) is 13.0. The third-order valence-corrected chi connectivity index (χ3v) is 2.35. The monoisotopic (exact) mass is 256 g/mol. The van der Waals surface area contributed by atoms with Crippen LogP contribution >= 0.6 is 11.6 Å². The van der Waals surface area contributed by atoms with E-state index in [4.69, 9.17) is 28.8 Å². The summed E-state index contributed by atoms with van der Waals surface area (Å²) in [6.07, 6.45) is 0.124. The summed E-state index contributed by atoms with van der Waals surface area (Å²) in [6.45, 7) is 0.263. The van der Waals surface area contributed by atoms with E-state index in [1.807, 2.05) is 0 Å². The largest absolute Gasteiger partial charge is 0.399 e. The minimum atomic E-state index is -0.652. The van der Waals surface area contributed by atoms with Gasteiger partial charge in [0.2, 0.25) is 5.91 Å². The molecular weight excluding hydrogens is 244 g/mol. The second kappa shape index (κ2) is 5.40. The number of nitrogens with two attached hydrogens (primary N) is 3. The average Bonchev–Trinajstić information content (AvgIpc) is 2.19. The van der Waals surface area contributed by atoms with Crippen LogP contribution in [-0.4, -0.2) is 18.4 Å². The van der Waals surface area contributed by atoms with Gasteiger partial charge in [-0.25, -0.2) is 0 Å². The molecule has 1 aromatic rings. The Morgan fingerprint density at radius 2 is 1.94 bits per heavy atom. The van der Waals surface area contributed by atoms with Crippen LogP contribution in [0.4, 0.5) is 11.4 Å². The van der Waals surface area contributed by atoms with E-state index in [1.165, 1.54) is 12.1 Å². The summed E-state index contributed by atoms with van der Waals surface area (Å²) in [6, 6.07) is 2.90. The smallest absolute Gasteiger partial charge is 0.250 e. The zero-order valence-electron chi connectivity index (χ0n) is 9.00. The van der Waals surface area contributed by atoms with Crippen LogP contribution in [0, 0.1) is 0 Å². The highest BCUT2D eigenvalue weighted by atomic mass is 35.5. The summed E-state index contributed by atoms with van der Waals surface area (Å²) in [4.78, 5) is 21.8. The quantitative estimate of drug-likeness (QED) is 0.566. The van der Waals surface area contributed by atoms with E-state index in [0.717, 1.165) is 0 Å². The fourth-order valence-corrected chi connectivity index (χ4v) is 1.61. The Morgan fingerprint density at radius 1 is 1.29 bits per heavy atom. The molecule has 1 rings (SSSR count). The van der Waals surface area contributed by atoms with Gasteiger partial charge in [-0.2, -0.15) is 0 Å². The summed E-state index contributed by atoms with van der Waals surface area (Å²) in [5.74, 6) is -1.11. The number of rotatable bonds is 5. The van der Waals surface area contributed by atoms with E-state index >= 15 is 0 Å². The molecule has 0 aromatic heterocycles. The predicted octanol–water partition coefficient (Wildman–Crippen LogP) is 0.308. The van der Waals surface area contributed by atoms with Crippen molar-refractivity contribution in [1.82, 2.24) is 0 Å². The Bertz CT molecular complexity index is 462. The van der Waals surface area contributed by atoms with Gasteiger partial charge in [-0.1, -0.05) is 11.6 Å². The highest BCUT2D eigenvalue weighted by molar-refractivity contribution is 6.34. The van der Waals surface area contributed by atoms with E-state index in [1.54, 1.807) is 0 Å². The SMILES string of the molecule is NC(=O)CCNc1c(Cl)cc(N)cc1C(N)=O. The summed E-state index contributed by atoms with van der Waals surface area (Å²) in [5, 5.41) is 3.10. The minimum Gasteiger partial charge on any atom is -0.399 e. The molecule has 0 heterocycles. The number of nitrogens with one attached hydrogen (secondary N) is 1. The van der Waals surface area contributed by atoms with Crippen molar-refractivity contribution in [3.63, 3.8) is 0 Å². The molecule has 0 aliphatic heterocycles. The van der Waals surface area contributed by atoms with Crippen LogP contribution in [0.25, 0.3) is 0 Å². The Hall–Kier alpha value is -1.95. The summed E-state index contributed by atoms with van der Waals surface area (Å²) in [7, 11) is 0. The van der Waals surface area contributed by atoms with E-state index in [9.17, 15) is 9.59 Å². The lowest BCUT2D eigenvalue weighted by Crippen LogP contribution is -2.19. The van der Waals surface area contributed by atoms with Gasteiger partial charge in [-0.05, 0) is 12.1 Å². The van der Waals surface area contributed by atoms with Crippen molar-refractivity contribution < 1.29 is 9.59 Å². The zero-order valence-corrected chi connectivity index (χ0v) is 9.75. The lowest BCUT2D eigenvalue weighted by atomic mass is 10.1. The first kappa shape index (κ1) is 13.1. The van der Waals surface area contributed by atoms with Crippen molar-refractivity contribution in [2.75, 3.05) is 17.6 Å². The molecule has 92 valence electrons. The highest BCUT2D eigenvalue weighted by Crippen LogP contribution is 2.28. The fourth-order valence-electron chi connectivity index (χ4n) is 1.31. The van der Waals surface area contributed by atoms with Crippen molar-refractivity contribution in [3.8, 4) is 0 Å². The maximum absolute atomic E-state index is 11.2. The van der Waals surface area contributed by atoms with Crippen LogP contribution in [-0.2, 0) is 4.79 Å². The molecule has 0 bridgehead atoms. The predicted molar refractivity (Wildman–Crippen MR) is 66.7 cm³/mol. The van der Waals surface area contributed by atoms with Crippen molar-refractivity contribution in [2.24, 2.45) is 11.5 Å². The van der Waals surface area contributed by atoms with Crippen LogP contribution in [0.3, 0.4) is 0 Å². The molecule has 0 aliphatic rings. The first-order chi connectivity index (χ1) is 7.91. The number of hydrogen-bond acceptors (Lipinski definition) is 4. The van der Waals surface area contributed by atoms with Crippen LogP contribution < -0.4 is 22.5 Å². The topological polar surface area (TPSA) is 124 Å². The Balaban J connectivity index is 2.96. The molecule has 0 fully saturated rings. The van der Waals surface area contributed by atoms with E-state index in [-0.39, 0.29) is 23.6 Å². The molecule has 7 N–H and O–H groups in total. The van der Waals surface area contributed by atoms with E-state index < -0.39 is 11.8 Å². The number of carbonyl (C=O) groups is 2. The van der Waals surface area contributed by atoms with Crippen molar-refractivity contribution >= 4 is 34.8 Å². The maximum atomic E-state index is 11.2. The van der Waals surface area contributed by atoms with Gasteiger partial charge in [0.05, 0.1) is 16.3 Å². The second-order valence-corrected chi connectivity index (χ2v) is 3.84. The number of amides is 2. The standard InChI is InChI=1S/C10H13ClN4O2/c11-7-4-5(12)3-6(10(14)17)9(7)15-2-1-8(13)16/h3-4,15H,1-2,12H2,(H2,13,16)(H2,14,17). The highest BCUT2D eigenvalue weighted by Gasteiger charge is 2.13. The summed E-state index contributed by atoms with van der Waals surface area (Å²) < 4.78 is 0. The molecular formula is C10H13ClN4O2. The van der Waals surface area contributed by atoms with Gasteiger partial charge in [-0.3, -0.25) is 9.59 Å². The van der Waals surface area contributed by atoms with Gasteiger partial charge in [0.25, 0.3) is 5.91 Å². The maximum Gasteiger partial charge on any atom is 0.250 e. The molecule has 0 atom stereocenters. The number of primary amides is 2. The molecule has 0 saturated heterocycles. The van der Waals surface area contributed by atoms with Crippen LogP contribution in [0.2, 0.25) is 5.02 Å². The number of hydrogen-bond donors (Lipinski definition) is 4. The average molecular weight is 257 g/mol. The third-order valence-electron chi connectivity index (χ3n) is 2.05. The number of anilines is 2. The number of benzene rings is 1. The molecule has 2 amide bonds. The molecule has 1 aromatic carbocycles. The number of halogens is 1. The van der Waals surface area contributed by atoms with Gasteiger partial charge in [0.1, 0.15) is 0 Å². The number of nitrogen functional groups attached to an aromatic ring is 1. The third kappa shape index (κ3) is 3.53. The number of carbonyl (C=O) groups excluding carboxylic acids is 2. The first-order valence-electron chi connectivity index (χ1n) is 4.83. The Kier molecular flexibility index (Phi) is 4.17. The molecule has 0 radical (unpaired) electrons. The lowest BCUT2D eigenvalue weighted by molar-refractivity contribution is -0.117. The van der Waals surface area contributed by atoms with Gasteiger partial charge in [0.15, 0.2) is 0 Å². The molecule has 0 spiro atoms. The Labute approximate surface area is 103 Å². The Morgan fingerprint density at radius 3 is 2.47 bits per heavy atom. The minimum absolute atomic E-state index is 0.124. The van der Waals surface area contributed by atoms with Crippen molar-refractivity contribution in [2.45, 2.75) is 6.42 Å². The summed E-state index contributed by atoms with van der Waals surface area (Å²) >= 11 is 5.93. The molecule has 7 heteroatoms. The second-order valence-electron chi connectivity index (χ2n) is 3.43. The lowest BCUT2D eigenvalue weighted by Gasteiger charge is -2.12. The molecule has 0 aliphatic carbocycles. The molecule has 0 saturated carbocycles. The van der Waals surface area contributed by atoms with Crippen molar-refractivity contribution in [1.29, 1.82) is 0 Å². The van der Waals surface area contributed by atoms with Crippen LogP contribution in [0.15, 0.2) is 12.1 Å². The first-order valence-corrected chi connectivity index (χ1v) is 5.20. The van der Waals surface area contributed by atoms with Gasteiger partial charge >= 0.3 is 0 Å².